The minimum absolute atomic E-state index is 0.279. The molecule has 1 aliphatic heterocycles. The number of aliphatic hydroxyl groups excluding tert-OH is 1. The molecule has 0 saturated carbocycles. The van der Waals surface area contributed by atoms with Crippen molar-refractivity contribution >= 4 is 0 Å². The van der Waals surface area contributed by atoms with Crippen molar-refractivity contribution < 1.29 is 9.84 Å². The molecular weight excluding hydrogens is 216 g/mol. The van der Waals surface area contributed by atoms with E-state index in [0.717, 1.165) is 58.8 Å². The fraction of sp³-hybridized carbons (Fsp3) is 1.00. The zero-order valence-corrected chi connectivity index (χ0v) is 11.4. The highest BCUT2D eigenvalue weighted by Crippen LogP contribution is 2.29. The van der Waals surface area contributed by atoms with Crippen molar-refractivity contribution in [3.63, 3.8) is 0 Å². The molecule has 0 radical (unpaired) electrons. The SMILES string of the molecule is CCNCC1(CN(CC)CCCO)CCOC1. The van der Waals surface area contributed by atoms with E-state index < -0.39 is 0 Å². The van der Waals surface area contributed by atoms with Crippen LogP contribution < -0.4 is 5.32 Å². The summed E-state index contributed by atoms with van der Waals surface area (Å²) in [5, 5.41) is 12.4. The van der Waals surface area contributed by atoms with Gasteiger partial charge < -0.3 is 20.1 Å². The summed E-state index contributed by atoms with van der Waals surface area (Å²) in [5.41, 5.74) is 0.279. The highest BCUT2D eigenvalue weighted by molar-refractivity contribution is 4.88. The van der Waals surface area contributed by atoms with Gasteiger partial charge in [-0.25, -0.2) is 0 Å². The van der Waals surface area contributed by atoms with Crippen LogP contribution in [0, 0.1) is 5.41 Å². The van der Waals surface area contributed by atoms with E-state index in [0.29, 0.717) is 0 Å². The minimum Gasteiger partial charge on any atom is -0.396 e. The summed E-state index contributed by atoms with van der Waals surface area (Å²) in [6.45, 7) is 11.6. The molecule has 4 nitrogen and oxygen atoms in total. The van der Waals surface area contributed by atoms with E-state index >= 15 is 0 Å². The minimum atomic E-state index is 0.279. The Kier molecular flexibility index (Phi) is 7.04. The standard InChI is InChI=1S/C13H28N2O2/c1-3-14-10-13(6-9-17-12-13)11-15(4-2)7-5-8-16/h14,16H,3-12H2,1-2H3. The van der Waals surface area contributed by atoms with Crippen LogP contribution in [-0.2, 0) is 4.74 Å². The quantitative estimate of drug-likeness (QED) is 0.627. The monoisotopic (exact) mass is 244 g/mol. The second-order valence-electron chi connectivity index (χ2n) is 5.03. The first-order valence-electron chi connectivity index (χ1n) is 6.88. The molecule has 0 spiro atoms. The molecule has 1 heterocycles. The Morgan fingerprint density at radius 1 is 1.41 bits per heavy atom. The van der Waals surface area contributed by atoms with Crippen molar-refractivity contribution in [2.45, 2.75) is 26.7 Å². The highest BCUT2D eigenvalue weighted by atomic mass is 16.5. The summed E-state index contributed by atoms with van der Waals surface area (Å²) < 4.78 is 5.59. The van der Waals surface area contributed by atoms with Crippen LogP contribution in [0.3, 0.4) is 0 Å². The maximum atomic E-state index is 8.91. The van der Waals surface area contributed by atoms with Gasteiger partial charge in [-0.05, 0) is 25.9 Å². The van der Waals surface area contributed by atoms with Gasteiger partial charge in [0, 0.05) is 38.3 Å². The molecule has 102 valence electrons. The van der Waals surface area contributed by atoms with Crippen LogP contribution in [0.5, 0.6) is 0 Å². The molecule has 1 atom stereocenters. The van der Waals surface area contributed by atoms with E-state index in [-0.39, 0.29) is 12.0 Å². The smallest absolute Gasteiger partial charge is 0.0547 e. The maximum Gasteiger partial charge on any atom is 0.0547 e. The molecule has 0 aliphatic carbocycles. The second-order valence-corrected chi connectivity index (χ2v) is 5.03. The fourth-order valence-electron chi connectivity index (χ4n) is 2.48. The Balaban J connectivity index is 2.45. The van der Waals surface area contributed by atoms with E-state index in [4.69, 9.17) is 9.84 Å². The third-order valence-electron chi connectivity index (χ3n) is 3.57. The van der Waals surface area contributed by atoms with Crippen molar-refractivity contribution in [3.05, 3.63) is 0 Å². The number of rotatable bonds is 9. The van der Waals surface area contributed by atoms with Crippen molar-refractivity contribution in [1.29, 1.82) is 0 Å². The molecule has 1 fully saturated rings. The van der Waals surface area contributed by atoms with E-state index in [1.54, 1.807) is 0 Å². The molecule has 1 aliphatic rings. The number of ether oxygens (including phenoxy) is 1. The summed E-state index contributed by atoms with van der Waals surface area (Å²) in [5.74, 6) is 0. The molecule has 17 heavy (non-hydrogen) atoms. The Morgan fingerprint density at radius 2 is 2.24 bits per heavy atom. The predicted molar refractivity (Wildman–Crippen MR) is 70.2 cm³/mol. The van der Waals surface area contributed by atoms with Gasteiger partial charge in [-0.2, -0.15) is 0 Å². The van der Waals surface area contributed by atoms with Crippen LogP contribution >= 0.6 is 0 Å². The first-order valence-corrected chi connectivity index (χ1v) is 6.88. The Labute approximate surface area is 105 Å². The van der Waals surface area contributed by atoms with Gasteiger partial charge in [-0.3, -0.25) is 0 Å². The average Bonchev–Trinajstić information content (AvgIpc) is 2.81. The Hall–Kier alpha value is -0.160. The first-order chi connectivity index (χ1) is 8.26. The maximum absolute atomic E-state index is 8.91. The highest BCUT2D eigenvalue weighted by Gasteiger charge is 2.35. The Morgan fingerprint density at radius 3 is 2.76 bits per heavy atom. The van der Waals surface area contributed by atoms with E-state index in [1.807, 2.05) is 0 Å². The van der Waals surface area contributed by atoms with Gasteiger partial charge in [0.05, 0.1) is 6.61 Å². The van der Waals surface area contributed by atoms with Gasteiger partial charge >= 0.3 is 0 Å². The van der Waals surface area contributed by atoms with Crippen molar-refractivity contribution in [2.24, 2.45) is 5.41 Å². The molecule has 0 bridgehead atoms. The average molecular weight is 244 g/mol. The molecule has 1 unspecified atom stereocenters. The lowest BCUT2D eigenvalue weighted by Crippen LogP contribution is -2.45. The van der Waals surface area contributed by atoms with Crippen LogP contribution in [0.2, 0.25) is 0 Å². The van der Waals surface area contributed by atoms with Crippen LogP contribution in [-0.4, -0.2) is 62.6 Å². The van der Waals surface area contributed by atoms with Gasteiger partial charge in [0.25, 0.3) is 0 Å². The molecule has 0 aromatic heterocycles. The summed E-state index contributed by atoms with van der Waals surface area (Å²) in [6, 6.07) is 0. The van der Waals surface area contributed by atoms with Gasteiger partial charge in [-0.1, -0.05) is 13.8 Å². The van der Waals surface area contributed by atoms with E-state index in [9.17, 15) is 0 Å². The number of nitrogens with zero attached hydrogens (tertiary/aromatic N) is 1. The molecule has 1 rings (SSSR count). The lowest BCUT2D eigenvalue weighted by atomic mass is 9.86. The van der Waals surface area contributed by atoms with Crippen LogP contribution in [0.4, 0.5) is 0 Å². The molecule has 0 aromatic rings. The third kappa shape index (κ3) is 4.92. The lowest BCUT2D eigenvalue weighted by molar-refractivity contribution is 0.107. The normalized spacial score (nSPS) is 24.7. The molecule has 0 amide bonds. The van der Waals surface area contributed by atoms with Crippen LogP contribution in [0.1, 0.15) is 26.7 Å². The van der Waals surface area contributed by atoms with Gasteiger partial charge in [0.2, 0.25) is 0 Å². The molecule has 0 aromatic carbocycles. The lowest BCUT2D eigenvalue weighted by Gasteiger charge is -2.34. The van der Waals surface area contributed by atoms with Gasteiger partial charge in [0.1, 0.15) is 0 Å². The number of aliphatic hydroxyl groups is 1. The Bertz CT molecular complexity index is 194. The molecule has 4 heteroatoms. The zero-order chi connectivity index (χ0) is 12.6. The number of hydrogen-bond donors (Lipinski definition) is 2. The molecular formula is C13H28N2O2. The van der Waals surface area contributed by atoms with Gasteiger partial charge in [-0.15, -0.1) is 0 Å². The number of hydrogen-bond acceptors (Lipinski definition) is 4. The molecule has 1 saturated heterocycles. The largest absolute Gasteiger partial charge is 0.396 e. The van der Waals surface area contributed by atoms with Crippen molar-refractivity contribution in [3.8, 4) is 0 Å². The first kappa shape index (κ1) is 14.9. The fourth-order valence-corrected chi connectivity index (χ4v) is 2.48. The van der Waals surface area contributed by atoms with Crippen molar-refractivity contribution in [2.75, 3.05) is 52.5 Å². The van der Waals surface area contributed by atoms with E-state index in [1.165, 1.54) is 0 Å². The summed E-state index contributed by atoms with van der Waals surface area (Å²) in [4.78, 5) is 2.43. The van der Waals surface area contributed by atoms with Crippen LogP contribution in [0.15, 0.2) is 0 Å². The summed E-state index contributed by atoms with van der Waals surface area (Å²) in [6.07, 6.45) is 2.02. The molecule has 2 N–H and O–H groups in total. The topological polar surface area (TPSA) is 44.7 Å². The third-order valence-corrected chi connectivity index (χ3v) is 3.57. The number of nitrogens with one attached hydrogen (secondary N) is 1. The van der Waals surface area contributed by atoms with Gasteiger partial charge in [0.15, 0.2) is 0 Å². The zero-order valence-electron chi connectivity index (χ0n) is 11.4. The summed E-state index contributed by atoms with van der Waals surface area (Å²) in [7, 11) is 0. The van der Waals surface area contributed by atoms with E-state index in [2.05, 4.69) is 24.1 Å². The second kappa shape index (κ2) is 8.03. The predicted octanol–water partition coefficient (Wildman–Crippen LogP) is 0.707. The van der Waals surface area contributed by atoms with Crippen LogP contribution in [0.25, 0.3) is 0 Å². The summed E-state index contributed by atoms with van der Waals surface area (Å²) >= 11 is 0. The van der Waals surface area contributed by atoms with Crippen molar-refractivity contribution in [1.82, 2.24) is 10.2 Å².